The number of carbonyl (C=O) groups excluding carboxylic acids is 2. The molecule has 1 saturated carbocycles. The molecule has 2 aromatic carbocycles. The fraction of sp³-hybridized carbons (Fsp3) is 0.462. The van der Waals surface area contributed by atoms with E-state index in [1.54, 1.807) is 7.11 Å². The Bertz CT molecular complexity index is 920. The minimum absolute atomic E-state index is 0.0319. The third-order valence-electron chi connectivity index (χ3n) is 6.73. The van der Waals surface area contributed by atoms with E-state index in [9.17, 15) is 9.59 Å². The molecule has 0 aromatic heterocycles. The van der Waals surface area contributed by atoms with Crippen LogP contribution in [0.25, 0.3) is 0 Å². The minimum Gasteiger partial charge on any atom is -0.497 e. The predicted molar refractivity (Wildman–Crippen MR) is 124 cm³/mol. The highest BCUT2D eigenvalue weighted by molar-refractivity contribution is 5.79. The van der Waals surface area contributed by atoms with Gasteiger partial charge in [-0.2, -0.15) is 0 Å². The second-order valence-electron chi connectivity index (χ2n) is 8.88. The van der Waals surface area contributed by atoms with Gasteiger partial charge in [0.05, 0.1) is 13.2 Å². The van der Waals surface area contributed by atoms with Crippen LogP contribution in [0, 0.1) is 5.92 Å². The average Bonchev–Trinajstić information content (AvgIpc) is 2.84. The topological polar surface area (TPSA) is 79.5 Å². The summed E-state index contributed by atoms with van der Waals surface area (Å²) in [7, 11) is 1.63. The van der Waals surface area contributed by atoms with E-state index in [0.717, 1.165) is 56.3 Å². The Balaban J connectivity index is 1.19. The monoisotopic (exact) mass is 435 g/mol. The number of nitrogens with one attached hydrogen (secondary N) is 3. The van der Waals surface area contributed by atoms with E-state index in [2.05, 4.69) is 40.2 Å². The number of amides is 3. The zero-order valence-corrected chi connectivity index (χ0v) is 18.7. The molecule has 2 aliphatic carbocycles. The van der Waals surface area contributed by atoms with Crippen LogP contribution in [0.15, 0.2) is 48.5 Å². The second-order valence-corrected chi connectivity index (χ2v) is 8.88. The number of hydrogen-bond acceptors (Lipinski definition) is 3. The Morgan fingerprint density at radius 2 is 1.69 bits per heavy atom. The lowest BCUT2D eigenvalue weighted by atomic mass is 9.84. The van der Waals surface area contributed by atoms with Crippen molar-refractivity contribution < 1.29 is 14.3 Å². The molecule has 1 fully saturated rings. The summed E-state index contributed by atoms with van der Waals surface area (Å²) in [6, 6.07) is 16.2. The van der Waals surface area contributed by atoms with Crippen molar-refractivity contribution in [1.82, 2.24) is 16.0 Å². The molecule has 3 amide bonds. The van der Waals surface area contributed by atoms with Gasteiger partial charge in [-0.15, -0.1) is 0 Å². The predicted octanol–water partition coefficient (Wildman–Crippen LogP) is 4.25. The van der Waals surface area contributed by atoms with Crippen molar-refractivity contribution in [2.75, 3.05) is 7.11 Å². The van der Waals surface area contributed by atoms with Crippen LogP contribution in [0.1, 0.15) is 61.3 Å². The summed E-state index contributed by atoms with van der Waals surface area (Å²) in [5.41, 5.74) is 3.65. The highest BCUT2D eigenvalue weighted by atomic mass is 16.5. The summed E-state index contributed by atoms with van der Waals surface area (Å²) in [6.07, 6.45) is 6.50. The van der Waals surface area contributed by atoms with Crippen molar-refractivity contribution in [2.24, 2.45) is 5.92 Å². The van der Waals surface area contributed by atoms with Crippen LogP contribution in [0.5, 0.6) is 5.75 Å². The van der Waals surface area contributed by atoms with E-state index in [-0.39, 0.29) is 29.9 Å². The molecule has 6 heteroatoms. The quantitative estimate of drug-likeness (QED) is 0.635. The molecule has 2 aliphatic rings. The first-order valence-electron chi connectivity index (χ1n) is 11.7. The van der Waals surface area contributed by atoms with E-state index >= 15 is 0 Å². The van der Waals surface area contributed by atoms with Crippen LogP contribution in [0.2, 0.25) is 0 Å². The van der Waals surface area contributed by atoms with Gasteiger partial charge >= 0.3 is 6.03 Å². The Morgan fingerprint density at radius 3 is 2.44 bits per heavy atom. The number of fused-ring (bicyclic) bond motifs is 1. The van der Waals surface area contributed by atoms with Crippen LogP contribution in [0.4, 0.5) is 4.79 Å². The summed E-state index contributed by atoms with van der Waals surface area (Å²) in [4.78, 5) is 25.2. The zero-order valence-electron chi connectivity index (χ0n) is 18.7. The molecule has 1 atom stereocenters. The van der Waals surface area contributed by atoms with Gasteiger partial charge in [-0.05, 0) is 73.8 Å². The van der Waals surface area contributed by atoms with E-state index < -0.39 is 0 Å². The molecule has 170 valence electrons. The van der Waals surface area contributed by atoms with Gasteiger partial charge in [0.15, 0.2) is 0 Å². The summed E-state index contributed by atoms with van der Waals surface area (Å²) in [5.74, 6) is 0.991. The van der Waals surface area contributed by atoms with Gasteiger partial charge in [0.1, 0.15) is 5.75 Å². The molecule has 0 heterocycles. The maximum absolute atomic E-state index is 12.9. The number of hydrogen-bond donors (Lipinski definition) is 3. The van der Waals surface area contributed by atoms with Crippen molar-refractivity contribution >= 4 is 11.9 Å². The lowest BCUT2D eigenvalue weighted by molar-refractivity contribution is -0.126. The third-order valence-corrected chi connectivity index (χ3v) is 6.73. The Hall–Kier alpha value is -3.02. The molecule has 0 bridgehead atoms. The first-order valence-corrected chi connectivity index (χ1v) is 11.7. The van der Waals surface area contributed by atoms with Crippen molar-refractivity contribution in [3.8, 4) is 5.75 Å². The molecular weight excluding hydrogens is 402 g/mol. The van der Waals surface area contributed by atoms with Crippen LogP contribution in [-0.4, -0.2) is 25.1 Å². The summed E-state index contributed by atoms with van der Waals surface area (Å²) in [5, 5.41) is 9.27. The number of urea groups is 1. The molecule has 2 aromatic rings. The van der Waals surface area contributed by atoms with Crippen molar-refractivity contribution in [3.63, 3.8) is 0 Å². The molecule has 0 unspecified atom stereocenters. The van der Waals surface area contributed by atoms with Gasteiger partial charge in [0, 0.05) is 18.5 Å². The SMILES string of the molecule is COc1ccc(CNC(=O)NC2CCC(C(=O)N[C@H]3CCCc4ccccc43)CC2)cc1. The molecule has 0 aliphatic heterocycles. The first kappa shape index (κ1) is 22.2. The van der Waals surface area contributed by atoms with Gasteiger partial charge < -0.3 is 20.7 Å². The summed E-state index contributed by atoms with van der Waals surface area (Å²) < 4.78 is 5.15. The fourth-order valence-electron chi connectivity index (χ4n) is 4.86. The molecule has 6 nitrogen and oxygen atoms in total. The fourth-order valence-corrected chi connectivity index (χ4v) is 4.86. The van der Waals surface area contributed by atoms with Crippen molar-refractivity contribution in [2.45, 2.75) is 63.6 Å². The lowest BCUT2D eigenvalue weighted by Crippen LogP contribution is -2.45. The first-order chi connectivity index (χ1) is 15.6. The standard InChI is InChI=1S/C26H33N3O3/c1-32-22-15-9-18(10-16-22)17-27-26(31)28-21-13-11-20(12-14-21)25(30)29-24-8-4-6-19-5-2-3-7-23(19)24/h2-3,5,7,9-10,15-16,20-21,24H,4,6,8,11-14,17H2,1H3,(H,29,30)(H2,27,28,31)/t20?,21?,24-/m0/s1. The highest BCUT2D eigenvalue weighted by Crippen LogP contribution is 2.31. The van der Waals surface area contributed by atoms with Crippen LogP contribution in [-0.2, 0) is 17.8 Å². The maximum atomic E-state index is 12.9. The van der Waals surface area contributed by atoms with Gasteiger partial charge in [-0.3, -0.25) is 4.79 Å². The molecular formula is C26H33N3O3. The highest BCUT2D eigenvalue weighted by Gasteiger charge is 2.29. The number of aryl methyl sites for hydroxylation is 1. The van der Waals surface area contributed by atoms with Gasteiger partial charge in [0.2, 0.25) is 5.91 Å². The molecule has 0 spiro atoms. The smallest absolute Gasteiger partial charge is 0.315 e. The number of methoxy groups -OCH3 is 1. The van der Waals surface area contributed by atoms with Crippen molar-refractivity contribution in [1.29, 1.82) is 0 Å². The lowest BCUT2D eigenvalue weighted by Gasteiger charge is -2.31. The van der Waals surface area contributed by atoms with Gasteiger partial charge in [-0.25, -0.2) is 4.79 Å². The molecule has 3 N–H and O–H groups in total. The van der Waals surface area contributed by atoms with E-state index in [4.69, 9.17) is 4.74 Å². The van der Waals surface area contributed by atoms with E-state index in [1.165, 1.54) is 11.1 Å². The van der Waals surface area contributed by atoms with E-state index in [0.29, 0.717) is 6.54 Å². The Kier molecular flexibility index (Phi) is 7.30. The minimum atomic E-state index is -0.160. The summed E-state index contributed by atoms with van der Waals surface area (Å²) in [6.45, 7) is 0.469. The van der Waals surface area contributed by atoms with Gasteiger partial charge in [-0.1, -0.05) is 36.4 Å². The molecule has 4 rings (SSSR count). The number of benzene rings is 2. The van der Waals surface area contributed by atoms with E-state index in [1.807, 2.05) is 24.3 Å². The second kappa shape index (κ2) is 10.5. The normalized spacial score (nSPS) is 22.3. The van der Waals surface area contributed by atoms with Crippen LogP contribution >= 0.6 is 0 Å². The number of carbonyl (C=O) groups is 2. The number of rotatable bonds is 6. The number of ether oxygens (including phenoxy) is 1. The molecule has 32 heavy (non-hydrogen) atoms. The van der Waals surface area contributed by atoms with Crippen molar-refractivity contribution in [3.05, 3.63) is 65.2 Å². The zero-order chi connectivity index (χ0) is 22.3. The molecule has 0 radical (unpaired) electrons. The third kappa shape index (κ3) is 5.61. The Morgan fingerprint density at radius 1 is 0.938 bits per heavy atom. The van der Waals surface area contributed by atoms with Gasteiger partial charge in [0.25, 0.3) is 0 Å². The molecule has 0 saturated heterocycles. The largest absolute Gasteiger partial charge is 0.497 e. The van der Waals surface area contributed by atoms with Crippen LogP contribution < -0.4 is 20.7 Å². The summed E-state index contributed by atoms with van der Waals surface area (Å²) >= 11 is 0. The Labute approximate surface area is 190 Å². The maximum Gasteiger partial charge on any atom is 0.315 e. The average molecular weight is 436 g/mol. The van der Waals surface area contributed by atoms with Crippen LogP contribution in [0.3, 0.4) is 0 Å².